The second-order valence-electron chi connectivity index (χ2n) is 31.3. The third-order valence-corrected chi connectivity index (χ3v) is 21.4. The molecule has 3 aliphatic heterocycles. The summed E-state index contributed by atoms with van der Waals surface area (Å²) in [7, 11) is 0. The Kier molecular flexibility index (Phi) is 66.2. The van der Waals surface area contributed by atoms with Gasteiger partial charge in [0, 0.05) is 6.42 Å². The molecule has 3 heterocycles. The van der Waals surface area contributed by atoms with E-state index in [2.05, 4.69) is 165 Å². The van der Waals surface area contributed by atoms with E-state index in [-0.39, 0.29) is 18.9 Å². The quantitative estimate of drug-likeness (QED) is 0.0199. The van der Waals surface area contributed by atoms with Crippen LogP contribution in [0.2, 0.25) is 0 Å². The highest BCUT2D eigenvalue weighted by Gasteiger charge is 2.54. The summed E-state index contributed by atoms with van der Waals surface area (Å²) in [6.45, 7) is 1.68. The molecule has 1 amide bonds. The molecule has 0 aromatic carbocycles. The van der Waals surface area contributed by atoms with Gasteiger partial charge in [0.2, 0.25) is 5.91 Å². The van der Waals surface area contributed by atoms with Crippen molar-refractivity contribution in [3.8, 4) is 0 Å². The van der Waals surface area contributed by atoms with Gasteiger partial charge < -0.3 is 89.9 Å². The number of aliphatic hydroxyl groups is 11. The summed E-state index contributed by atoms with van der Waals surface area (Å²) in [4.78, 5) is 13.5. The maximum Gasteiger partial charge on any atom is 0.220 e. The zero-order valence-corrected chi connectivity index (χ0v) is 70.5. The first-order valence-electron chi connectivity index (χ1n) is 45.1. The van der Waals surface area contributed by atoms with Crippen LogP contribution in [0.15, 0.2) is 146 Å². The molecule has 0 bridgehead atoms. The zero-order chi connectivity index (χ0) is 82.4. The van der Waals surface area contributed by atoms with E-state index in [0.717, 1.165) is 109 Å². The molecule has 0 aliphatic carbocycles. The van der Waals surface area contributed by atoms with Crippen molar-refractivity contribution < 1.29 is 89.4 Å². The van der Waals surface area contributed by atoms with Crippen molar-refractivity contribution in [3.63, 3.8) is 0 Å². The zero-order valence-electron chi connectivity index (χ0n) is 70.5. The van der Waals surface area contributed by atoms with E-state index in [1.165, 1.54) is 167 Å². The van der Waals surface area contributed by atoms with Crippen molar-refractivity contribution >= 4 is 5.91 Å². The van der Waals surface area contributed by atoms with Gasteiger partial charge in [0.25, 0.3) is 0 Å². The fourth-order valence-electron chi connectivity index (χ4n) is 14.3. The van der Waals surface area contributed by atoms with Crippen LogP contribution in [0, 0.1) is 0 Å². The number of ether oxygens (including phenoxy) is 6. The molecule has 17 atom stereocenters. The minimum atomic E-state index is -1.99. The third kappa shape index (κ3) is 50.6. The van der Waals surface area contributed by atoms with Gasteiger partial charge in [-0.15, -0.1) is 0 Å². The number of hydrogen-bond acceptors (Lipinski definition) is 18. The maximum absolute atomic E-state index is 13.5. The lowest BCUT2D eigenvalue weighted by atomic mass is 9.96. The maximum atomic E-state index is 13.5. The fraction of sp³-hybridized carbons (Fsp3) is 0.737. The van der Waals surface area contributed by atoms with Crippen molar-refractivity contribution in [2.24, 2.45) is 0 Å². The molecule has 3 rings (SSSR count). The van der Waals surface area contributed by atoms with Gasteiger partial charge in [-0.3, -0.25) is 4.79 Å². The molecule has 0 spiro atoms. The summed E-state index contributed by atoms with van der Waals surface area (Å²) in [5, 5.41) is 121. The fourth-order valence-corrected chi connectivity index (χ4v) is 14.3. The number of allylic oxidation sites excluding steroid dienone is 24. The first-order valence-corrected chi connectivity index (χ1v) is 45.1. The van der Waals surface area contributed by atoms with Crippen LogP contribution >= 0.6 is 0 Å². The molecule has 3 saturated heterocycles. The molecule has 0 aromatic rings. The topological polar surface area (TPSA) is 307 Å². The van der Waals surface area contributed by atoms with Crippen LogP contribution in [0.3, 0.4) is 0 Å². The van der Waals surface area contributed by atoms with E-state index < -0.39 is 124 Å². The standard InChI is InChI=1S/C95H161NO18/c1-3-5-7-9-11-13-15-17-19-21-23-25-27-29-31-33-35-36-37-38-39-40-41-42-43-45-47-49-51-53-55-57-59-61-63-65-67-69-71-73-83(101)96-78(79(100)72-70-68-66-64-62-60-58-56-54-52-50-48-46-44-34-32-30-28-26-24-22-20-18-16-14-12-10-8-6-4-2)77-109-93-89(107)86(104)91(81(75-98)111-93)114-95-90(108)87(105)92(82(76-99)112-95)113-94-88(106)85(103)84(102)80(74-97)110-94/h5,7,11,13,17,19,23,25,29,31,35-36,38-39,41-42,45,47,51,53,57,59,63,65,78-82,84-95,97-100,102-108H,3-4,6,8-10,12,14-16,18,20-22,24,26-28,30,32-34,37,40,43-44,46,48-50,52,54-56,58,60-62,64,66-77H2,1-2H3,(H,96,101)/b7-5-,13-11-,19-17-,25-23-,31-29-,36-35-,39-38-,42-41-,47-45-,53-51-,59-57-,65-63-. The average Bonchev–Trinajstić information content (AvgIpc) is 0.783. The smallest absolute Gasteiger partial charge is 0.220 e. The molecular weight excluding hydrogens is 1440 g/mol. The van der Waals surface area contributed by atoms with Crippen LogP contribution in [-0.2, 0) is 33.2 Å². The van der Waals surface area contributed by atoms with Crippen LogP contribution in [0.25, 0.3) is 0 Å². The molecule has 654 valence electrons. The highest BCUT2D eigenvalue weighted by atomic mass is 16.8. The van der Waals surface area contributed by atoms with Crippen molar-refractivity contribution in [2.45, 2.75) is 420 Å². The normalized spacial score (nSPS) is 25.4. The van der Waals surface area contributed by atoms with E-state index in [1.807, 2.05) is 0 Å². The summed E-state index contributed by atoms with van der Waals surface area (Å²) in [6.07, 6.45) is 79.5. The number of amides is 1. The molecule has 12 N–H and O–H groups in total. The monoisotopic (exact) mass is 1600 g/mol. The van der Waals surface area contributed by atoms with Crippen LogP contribution < -0.4 is 5.32 Å². The summed E-state index contributed by atoms with van der Waals surface area (Å²) in [5.41, 5.74) is 0. The first kappa shape index (κ1) is 104. The van der Waals surface area contributed by atoms with Gasteiger partial charge in [-0.2, -0.15) is 0 Å². The van der Waals surface area contributed by atoms with E-state index in [0.29, 0.717) is 19.3 Å². The van der Waals surface area contributed by atoms with E-state index >= 15 is 0 Å². The lowest BCUT2D eigenvalue weighted by Gasteiger charge is -2.48. The van der Waals surface area contributed by atoms with Gasteiger partial charge in [0.15, 0.2) is 18.9 Å². The molecule has 0 aromatic heterocycles. The lowest BCUT2D eigenvalue weighted by molar-refractivity contribution is -0.379. The molecule has 0 saturated carbocycles. The van der Waals surface area contributed by atoms with E-state index in [1.54, 1.807) is 0 Å². The molecule has 114 heavy (non-hydrogen) atoms. The number of carbonyl (C=O) groups excluding carboxylic acids is 1. The third-order valence-electron chi connectivity index (χ3n) is 21.4. The Labute approximate surface area is 689 Å². The minimum absolute atomic E-state index is 0.202. The molecular formula is C95H161NO18. The Balaban J connectivity index is 1.36. The number of aliphatic hydroxyl groups excluding tert-OH is 11. The molecule has 19 heteroatoms. The number of nitrogens with one attached hydrogen (secondary N) is 1. The highest BCUT2D eigenvalue weighted by Crippen LogP contribution is 2.33. The molecule has 3 aliphatic rings. The second-order valence-corrected chi connectivity index (χ2v) is 31.3. The minimum Gasteiger partial charge on any atom is -0.394 e. The number of carbonyl (C=O) groups is 1. The van der Waals surface area contributed by atoms with Crippen LogP contribution in [0.5, 0.6) is 0 Å². The summed E-state index contributed by atoms with van der Waals surface area (Å²) >= 11 is 0. The van der Waals surface area contributed by atoms with Crippen molar-refractivity contribution in [1.82, 2.24) is 5.32 Å². The van der Waals surface area contributed by atoms with Gasteiger partial charge in [-0.1, -0.05) is 352 Å². The molecule has 17 unspecified atom stereocenters. The van der Waals surface area contributed by atoms with Crippen LogP contribution in [0.1, 0.15) is 316 Å². The number of hydrogen-bond donors (Lipinski definition) is 12. The Hall–Kier alpha value is -4.33. The summed E-state index contributed by atoms with van der Waals surface area (Å²) in [5.74, 6) is -0.287. The van der Waals surface area contributed by atoms with Crippen molar-refractivity contribution in [2.75, 3.05) is 26.4 Å². The summed E-state index contributed by atoms with van der Waals surface area (Å²) in [6, 6.07) is -0.924. The first-order chi connectivity index (χ1) is 55.8. The Morgan fingerprint density at radius 3 is 0.930 bits per heavy atom. The Morgan fingerprint density at radius 2 is 0.605 bits per heavy atom. The van der Waals surface area contributed by atoms with Gasteiger partial charge >= 0.3 is 0 Å². The predicted octanol–water partition coefficient (Wildman–Crippen LogP) is 17.3. The highest BCUT2D eigenvalue weighted by molar-refractivity contribution is 5.76. The van der Waals surface area contributed by atoms with Gasteiger partial charge in [0.05, 0.1) is 38.6 Å². The Bertz CT molecular complexity index is 2630. The van der Waals surface area contributed by atoms with Gasteiger partial charge in [0.1, 0.15) is 73.2 Å². The number of rotatable bonds is 71. The number of unbranched alkanes of at least 4 members (excludes halogenated alkanes) is 31. The SMILES string of the molecule is CC/C=C\C/C=C\C/C=C\C/C=C\C/C=C\C/C=C\C/C=C\C/C=C\C/C=C\C/C=C\C/C=C\C/C=C\CCCCC(=O)NC(COC1OC(CO)C(OC2OC(CO)C(OC3OC(CO)C(O)C(O)C3O)C(O)C2O)C(O)C1O)C(O)CCCCCCCCCCCCCCCCCCCCCCCCCCCCCCCC. The lowest BCUT2D eigenvalue weighted by Crippen LogP contribution is -2.66. The van der Waals surface area contributed by atoms with Crippen molar-refractivity contribution in [3.05, 3.63) is 146 Å². The largest absolute Gasteiger partial charge is 0.394 e. The second kappa shape index (κ2) is 72.7. The van der Waals surface area contributed by atoms with E-state index in [4.69, 9.17) is 28.4 Å². The van der Waals surface area contributed by atoms with Crippen LogP contribution in [0.4, 0.5) is 0 Å². The molecule has 19 nitrogen and oxygen atoms in total. The predicted molar refractivity (Wildman–Crippen MR) is 461 cm³/mol. The average molecular weight is 1610 g/mol. The van der Waals surface area contributed by atoms with Crippen LogP contribution in [-0.4, -0.2) is 193 Å². The van der Waals surface area contributed by atoms with E-state index in [9.17, 15) is 61.0 Å². The Morgan fingerprint density at radius 1 is 0.325 bits per heavy atom. The van der Waals surface area contributed by atoms with Gasteiger partial charge in [-0.25, -0.2) is 0 Å². The molecule has 3 fully saturated rings. The molecule has 0 radical (unpaired) electrons. The van der Waals surface area contributed by atoms with Gasteiger partial charge in [-0.05, 0) is 103 Å². The van der Waals surface area contributed by atoms with Crippen molar-refractivity contribution in [1.29, 1.82) is 0 Å². The summed E-state index contributed by atoms with van der Waals surface area (Å²) < 4.78 is 34.5.